The molecule has 1 aliphatic rings. The van der Waals surface area contributed by atoms with Crippen LogP contribution in [0.15, 0.2) is 12.1 Å². The molecule has 2 rings (SSSR count). The second-order valence-corrected chi connectivity index (χ2v) is 7.07. The third kappa shape index (κ3) is 2.93. The van der Waals surface area contributed by atoms with E-state index in [1.54, 1.807) is 11.3 Å². The normalized spacial score (nSPS) is 21.9. The first-order chi connectivity index (χ1) is 7.68. The van der Waals surface area contributed by atoms with Gasteiger partial charge in [0.05, 0.1) is 10.4 Å². The molecule has 2 atom stereocenters. The SMILES string of the molecule is CC(N)C(c1ccc(Cl)s1)N1CCSCC1. The summed E-state index contributed by atoms with van der Waals surface area (Å²) in [6, 6.07) is 4.56. The first-order valence-electron chi connectivity index (χ1n) is 5.51. The summed E-state index contributed by atoms with van der Waals surface area (Å²) in [6.07, 6.45) is 0. The Bertz CT molecular complexity index is 334. The molecule has 0 spiro atoms. The van der Waals surface area contributed by atoms with Gasteiger partial charge in [-0.3, -0.25) is 4.90 Å². The van der Waals surface area contributed by atoms with Crippen LogP contribution in [-0.4, -0.2) is 35.5 Å². The van der Waals surface area contributed by atoms with Gasteiger partial charge in [-0.15, -0.1) is 11.3 Å². The predicted octanol–water partition coefficient (Wildman–Crippen LogP) is 2.84. The molecule has 0 amide bonds. The maximum atomic E-state index is 6.12. The van der Waals surface area contributed by atoms with Gasteiger partial charge in [0.25, 0.3) is 0 Å². The van der Waals surface area contributed by atoms with Crippen LogP contribution in [0, 0.1) is 0 Å². The summed E-state index contributed by atoms with van der Waals surface area (Å²) in [5, 5.41) is 0. The van der Waals surface area contributed by atoms with E-state index >= 15 is 0 Å². The van der Waals surface area contributed by atoms with E-state index in [1.807, 2.05) is 17.8 Å². The van der Waals surface area contributed by atoms with Crippen LogP contribution < -0.4 is 5.73 Å². The molecule has 1 aromatic rings. The maximum absolute atomic E-state index is 6.12. The average molecular weight is 277 g/mol. The first-order valence-corrected chi connectivity index (χ1v) is 7.86. The largest absolute Gasteiger partial charge is 0.326 e. The van der Waals surface area contributed by atoms with E-state index in [0.717, 1.165) is 17.4 Å². The monoisotopic (exact) mass is 276 g/mol. The lowest BCUT2D eigenvalue weighted by atomic mass is 10.1. The summed E-state index contributed by atoms with van der Waals surface area (Å²) < 4.78 is 0.854. The maximum Gasteiger partial charge on any atom is 0.0931 e. The molecule has 2 nitrogen and oxygen atoms in total. The van der Waals surface area contributed by atoms with Gasteiger partial charge in [-0.25, -0.2) is 0 Å². The summed E-state index contributed by atoms with van der Waals surface area (Å²) in [5.74, 6) is 2.42. The lowest BCUT2D eigenvalue weighted by Crippen LogP contribution is -2.43. The number of thioether (sulfide) groups is 1. The Morgan fingerprint density at radius 2 is 2.06 bits per heavy atom. The van der Waals surface area contributed by atoms with Crippen molar-refractivity contribution >= 4 is 34.7 Å². The van der Waals surface area contributed by atoms with Gasteiger partial charge >= 0.3 is 0 Å². The summed E-state index contributed by atoms with van der Waals surface area (Å²) in [5.41, 5.74) is 6.12. The molecule has 0 bridgehead atoms. The lowest BCUT2D eigenvalue weighted by Gasteiger charge is -2.36. The Balaban J connectivity index is 2.16. The highest BCUT2D eigenvalue weighted by Gasteiger charge is 2.26. The number of hydrogen-bond donors (Lipinski definition) is 1. The summed E-state index contributed by atoms with van der Waals surface area (Å²) in [6.45, 7) is 4.35. The van der Waals surface area contributed by atoms with Crippen LogP contribution in [0.3, 0.4) is 0 Å². The molecular formula is C11H17ClN2S2. The zero-order valence-electron chi connectivity index (χ0n) is 9.36. The molecule has 1 aromatic heterocycles. The number of nitrogens with zero attached hydrogens (tertiary/aromatic N) is 1. The molecule has 1 fully saturated rings. The smallest absolute Gasteiger partial charge is 0.0931 e. The van der Waals surface area contributed by atoms with E-state index in [-0.39, 0.29) is 6.04 Å². The van der Waals surface area contributed by atoms with Gasteiger partial charge in [-0.05, 0) is 19.1 Å². The number of thiophene rings is 1. The van der Waals surface area contributed by atoms with E-state index in [4.69, 9.17) is 17.3 Å². The van der Waals surface area contributed by atoms with Gasteiger partial charge in [0.1, 0.15) is 0 Å². The van der Waals surface area contributed by atoms with Crippen LogP contribution in [0.2, 0.25) is 4.34 Å². The highest BCUT2D eigenvalue weighted by Crippen LogP contribution is 2.33. The minimum Gasteiger partial charge on any atom is -0.326 e. The molecule has 0 aliphatic carbocycles. The molecule has 2 heterocycles. The van der Waals surface area contributed by atoms with Gasteiger partial charge in [-0.2, -0.15) is 11.8 Å². The molecule has 0 radical (unpaired) electrons. The van der Waals surface area contributed by atoms with Gasteiger partial charge in [0, 0.05) is 35.5 Å². The van der Waals surface area contributed by atoms with E-state index in [1.165, 1.54) is 16.4 Å². The molecule has 2 N–H and O–H groups in total. The van der Waals surface area contributed by atoms with Crippen LogP contribution in [-0.2, 0) is 0 Å². The Morgan fingerprint density at radius 1 is 1.38 bits per heavy atom. The van der Waals surface area contributed by atoms with E-state index in [0.29, 0.717) is 6.04 Å². The van der Waals surface area contributed by atoms with Crippen molar-refractivity contribution in [3.05, 3.63) is 21.3 Å². The van der Waals surface area contributed by atoms with Gasteiger partial charge in [0.15, 0.2) is 0 Å². The van der Waals surface area contributed by atoms with Crippen molar-refractivity contribution in [3.63, 3.8) is 0 Å². The fourth-order valence-electron chi connectivity index (χ4n) is 2.11. The molecule has 0 saturated carbocycles. The van der Waals surface area contributed by atoms with Crippen LogP contribution in [0.4, 0.5) is 0 Å². The first kappa shape index (κ1) is 12.7. The minimum atomic E-state index is 0.151. The lowest BCUT2D eigenvalue weighted by molar-refractivity contribution is 0.198. The Labute approximate surface area is 110 Å². The minimum absolute atomic E-state index is 0.151. The highest BCUT2D eigenvalue weighted by molar-refractivity contribution is 7.99. The van der Waals surface area contributed by atoms with E-state index in [2.05, 4.69) is 17.9 Å². The second kappa shape index (κ2) is 5.74. The molecule has 2 unspecified atom stereocenters. The Morgan fingerprint density at radius 3 is 2.56 bits per heavy atom. The van der Waals surface area contributed by atoms with Gasteiger partial charge in [-0.1, -0.05) is 11.6 Å². The van der Waals surface area contributed by atoms with Crippen molar-refractivity contribution in [2.75, 3.05) is 24.6 Å². The Kier molecular flexibility index (Phi) is 4.56. The standard InChI is InChI=1S/C11H17ClN2S2/c1-8(13)11(9-2-3-10(12)16-9)14-4-6-15-7-5-14/h2-3,8,11H,4-7,13H2,1H3. The molecule has 16 heavy (non-hydrogen) atoms. The molecular weight excluding hydrogens is 260 g/mol. The third-order valence-corrected chi connectivity index (χ3v) is 5.07. The van der Waals surface area contributed by atoms with Crippen LogP contribution in [0.1, 0.15) is 17.8 Å². The van der Waals surface area contributed by atoms with Gasteiger partial charge < -0.3 is 5.73 Å². The topological polar surface area (TPSA) is 29.3 Å². The quantitative estimate of drug-likeness (QED) is 0.921. The Hall–Kier alpha value is 0.260. The zero-order chi connectivity index (χ0) is 11.5. The van der Waals surface area contributed by atoms with Gasteiger partial charge in [0.2, 0.25) is 0 Å². The van der Waals surface area contributed by atoms with Crippen LogP contribution in [0.25, 0.3) is 0 Å². The fraction of sp³-hybridized carbons (Fsp3) is 0.636. The van der Waals surface area contributed by atoms with Crippen molar-refractivity contribution in [1.29, 1.82) is 0 Å². The number of hydrogen-bond acceptors (Lipinski definition) is 4. The number of halogens is 1. The molecule has 1 saturated heterocycles. The van der Waals surface area contributed by atoms with Crippen molar-refractivity contribution in [3.8, 4) is 0 Å². The second-order valence-electron chi connectivity index (χ2n) is 4.09. The van der Waals surface area contributed by atoms with Crippen molar-refractivity contribution in [2.45, 2.75) is 19.0 Å². The van der Waals surface area contributed by atoms with Crippen molar-refractivity contribution in [2.24, 2.45) is 5.73 Å². The number of rotatable bonds is 3. The molecule has 1 aliphatic heterocycles. The van der Waals surface area contributed by atoms with Crippen molar-refractivity contribution < 1.29 is 0 Å². The summed E-state index contributed by atoms with van der Waals surface area (Å²) in [4.78, 5) is 3.79. The molecule has 5 heteroatoms. The predicted molar refractivity (Wildman–Crippen MR) is 74.6 cm³/mol. The van der Waals surface area contributed by atoms with E-state index < -0.39 is 0 Å². The third-order valence-electron chi connectivity index (χ3n) is 2.82. The van der Waals surface area contributed by atoms with E-state index in [9.17, 15) is 0 Å². The zero-order valence-corrected chi connectivity index (χ0v) is 11.7. The summed E-state index contributed by atoms with van der Waals surface area (Å²) in [7, 11) is 0. The molecule has 90 valence electrons. The average Bonchev–Trinajstić information content (AvgIpc) is 2.66. The van der Waals surface area contributed by atoms with Crippen LogP contribution in [0.5, 0.6) is 0 Å². The van der Waals surface area contributed by atoms with Crippen LogP contribution >= 0.6 is 34.7 Å². The fourth-order valence-corrected chi connectivity index (χ4v) is 4.36. The summed E-state index contributed by atoms with van der Waals surface area (Å²) >= 11 is 9.68. The number of nitrogens with two attached hydrogens (primary N) is 1. The highest BCUT2D eigenvalue weighted by atomic mass is 35.5. The molecule has 0 aromatic carbocycles. The van der Waals surface area contributed by atoms with Crippen molar-refractivity contribution in [1.82, 2.24) is 4.90 Å².